The largest absolute Gasteiger partial charge is 0.493 e. The van der Waals surface area contributed by atoms with Crippen LogP contribution in [0.5, 0.6) is 5.75 Å². The fraction of sp³-hybridized carbons (Fsp3) is 0.333. The smallest absolute Gasteiger partial charge is 0.311 e. The molecule has 5 heteroatoms. The first kappa shape index (κ1) is 14.5. The van der Waals surface area contributed by atoms with Crippen LogP contribution in [0, 0.1) is 6.92 Å². The van der Waals surface area contributed by atoms with Gasteiger partial charge in [0.15, 0.2) is 0 Å². The summed E-state index contributed by atoms with van der Waals surface area (Å²) in [4.78, 5) is 15.8. The molecule has 0 bridgehead atoms. The second-order valence-electron chi connectivity index (χ2n) is 4.27. The van der Waals surface area contributed by atoms with Crippen LogP contribution in [0.2, 0.25) is 0 Å². The van der Waals surface area contributed by atoms with Gasteiger partial charge in [-0.2, -0.15) is 0 Å². The number of benzene rings is 1. The summed E-state index contributed by atoms with van der Waals surface area (Å²) >= 11 is 1.54. The Kier molecular flexibility index (Phi) is 5.55. The van der Waals surface area contributed by atoms with Crippen LogP contribution in [-0.4, -0.2) is 24.2 Å². The van der Waals surface area contributed by atoms with Crippen LogP contribution in [-0.2, 0) is 16.0 Å². The standard InChI is InChI=1S/C15H17NO3S/c1-12-16-13(11-20-12)10-15(17)19-9-5-8-18-14-6-3-2-4-7-14/h2-4,6-7,11H,5,8-10H2,1H3. The molecule has 20 heavy (non-hydrogen) atoms. The van der Waals surface area contributed by atoms with Gasteiger partial charge in [-0.15, -0.1) is 11.3 Å². The first-order chi connectivity index (χ1) is 9.74. The number of ether oxygens (including phenoxy) is 2. The summed E-state index contributed by atoms with van der Waals surface area (Å²) < 4.78 is 10.6. The van der Waals surface area contributed by atoms with Crippen molar-refractivity contribution in [2.75, 3.05) is 13.2 Å². The van der Waals surface area contributed by atoms with E-state index < -0.39 is 0 Å². The van der Waals surface area contributed by atoms with Crippen LogP contribution in [0.1, 0.15) is 17.1 Å². The quantitative estimate of drug-likeness (QED) is 0.581. The number of aryl methyl sites for hydroxylation is 1. The Morgan fingerprint density at radius 3 is 2.75 bits per heavy atom. The lowest BCUT2D eigenvalue weighted by Gasteiger charge is -2.06. The van der Waals surface area contributed by atoms with Crippen molar-refractivity contribution in [3.63, 3.8) is 0 Å². The molecule has 0 atom stereocenters. The Bertz CT molecular complexity index is 539. The lowest BCUT2D eigenvalue weighted by atomic mass is 10.3. The number of carbonyl (C=O) groups is 1. The zero-order valence-electron chi connectivity index (χ0n) is 11.4. The predicted molar refractivity (Wildman–Crippen MR) is 78.1 cm³/mol. The topological polar surface area (TPSA) is 48.4 Å². The van der Waals surface area contributed by atoms with Gasteiger partial charge in [0.2, 0.25) is 0 Å². The monoisotopic (exact) mass is 291 g/mol. The molecule has 0 spiro atoms. The van der Waals surface area contributed by atoms with Crippen molar-refractivity contribution in [2.24, 2.45) is 0 Å². The first-order valence-electron chi connectivity index (χ1n) is 6.48. The number of carbonyl (C=O) groups excluding carboxylic acids is 1. The average Bonchev–Trinajstić information content (AvgIpc) is 2.85. The van der Waals surface area contributed by atoms with E-state index in [1.165, 1.54) is 11.3 Å². The molecule has 1 aromatic heterocycles. The van der Waals surface area contributed by atoms with Crippen LogP contribution in [0.15, 0.2) is 35.7 Å². The van der Waals surface area contributed by atoms with E-state index in [1.807, 2.05) is 42.6 Å². The lowest BCUT2D eigenvalue weighted by molar-refractivity contribution is -0.143. The summed E-state index contributed by atoms with van der Waals surface area (Å²) in [6, 6.07) is 9.58. The maximum Gasteiger partial charge on any atom is 0.311 e. The van der Waals surface area contributed by atoms with Gasteiger partial charge in [-0.1, -0.05) is 18.2 Å². The summed E-state index contributed by atoms with van der Waals surface area (Å²) in [5, 5.41) is 2.85. The molecule has 1 aromatic carbocycles. The van der Waals surface area contributed by atoms with Gasteiger partial charge in [0.05, 0.1) is 30.3 Å². The second kappa shape index (κ2) is 7.65. The molecule has 0 aliphatic rings. The highest BCUT2D eigenvalue weighted by atomic mass is 32.1. The first-order valence-corrected chi connectivity index (χ1v) is 7.36. The SMILES string of the molecule is Cc1nc(CC(=O)OCCCOc2ccccc2)cs1. The zero-order valence-corrected chi connectivity index (χ0v) is 12.2. The van der Waals surface area contributed by atoms with Gasteiger partial charge in [0, 0.05) is 11.8 Å². The Balaban J connectivity index is 1.58. The van der Waals surface area contributed by atoms with E-state index in [-0.39, 0.29) is 12.4 Å². The Morgan fingerprint density at radius 2 is 2.05 bits per heavy atom. The van der Waals surface area contributed by atoms with Crippen LogP contribution < -0.4 is 4.74 Å². The Labute approximate surface area is 122 Å². The van der Waals surface area contributed by atoms with E-state index in [0.29, 0.717) is 19.6 Å². The van der Waals surface area contributed by atoms with Gasteiger partial charge in [-0.25, -0.2) is 4.98 Å². The highest BCUT2D eigenvalue weighted by Gasteiger charge is 2.07. The molecule has 0 aliphatic carbocycles. The third-order valence-corrected chi connectivity index (χ3v) is 3.38. The summed E-state index contributed by atoms with van der Waals surface area (Å²) in [5.41, 5.74) is 0.776. The highest BCUT2D eigenvalue weighted by Crippen LogP contribution is 2.10. The highest BCUT2D eigenvalue weighted by molar-refractivity contribution is 7.09. The number of nitrogens with zero attached hydrogens (tertiary/aromatic N) is 1. The molecule has 0 N–H and O–H groups in total. The molecule has 106 valence electrons. The van der Waals surface area contributed by atoms with E-state index in [4.69, 9.17) is 9.47 Å². The summed E-state index contributed by atoms with van der Waals surface area (Å²) in [6.07, 6.45) is 0.917. The van der Waals surface area contributed by atoms with Gasteiger partial charge >= 0.3 is 5.97 Å². The van der Waals surface area contributed by atoms with Crippen molar-refractivity contribution in [1.82, 2.24) is 4.98 Å². The van der Waals surface area contributed by atoms with E-state index in [1.54, 1.807) is 0 Å². The molecule has 0 aliphatic heterocycles. The van der Waals surface area contributed by atoms with Gasteiger partial charge in [-0.3, -0.25) is 4.79 Å². The van der Waals surface area contributed by atoms with Crippen molar-refractivity contribution in [3.8, 4) is 5.75 Å². The Morgan fingerprint density at radius 1 is 1.25 bits per heavy atom. The maximum absolute atomic E-state index is 11.6. The molecule has 0 amide bonds. The van der Waals surface area contributed by atoms with Crippen LogP contribution >= 0.6 is 11.3 Å². The summed E-state index contributed by atoms with van der Waals surface area (Å²) in [7, 11) is 0. The fourth-order valence-electron chi connectivity index (χ4n) is 1.64. The number of thiazole rings is 1. The van der Waals surface area contributed by atoms with Gasteiger partial charge in [-0.05, 0) is 19.1 Å². The van der Waals surface area contributed by atoms with Crippen LogP contribution in [0.4, 0.5) is 0 Å². The van der Waals surface area contributed by atoms with E-state index in [9.17, 15) is 4.79 Å². The van der Waals surface area contributed by atoms with E-state index in [0.717, 1.165) is 16.5 Å². The molecule has 0 unspecified atom stereocenters. The lowest BCUT2D eigenvalue weighted by Crippen LogP contribution is -2.11. The Hall–Kier alpha value is -1.88. The third-order valence-electron chi connectivity index (χ3n) is 2.56. The third kappa shape index (κ3) is 5.01. The molecule has 2 rings (SSSR count). The van der Waals surface area contributed by atoms with Crippen LogP contribution in [0.25, 0.3) is 0 Å². The van der Waals surface area contributed by atoms with Gasteiger partial charge in [0.1, 0.15) is 5.75 Å². The second-order valence-corrected chi connectivity index (χ2v) is 5.33. The number of aromatic nitrogens is 1. The number of rotatable bonds is 7. The predicted octanol–water partition coefficient (Wildman–Crippen LogP) is 3.01. The van der Waals surface area contributed by atoms with Crippen LogP contribution in [0.3, 0.4) is 0 Å². The molecular weight excluding hydrogens is 274 g/mol. The zero-order chi connectivity index (χ0) is 14.2. The molecule has 0 fully saturated rings. The van der Waals surface area contributed by atoms with E-state index >= 15 is 0 Å². The van der Waals surface area contributed by atoms with Gasteiger partial charge < -0.3 is 9.47 Å². The van der Waals surface area contributed by atoms with Crippen molar-refractivity contribution in [1.29, 1.82) is 0 Å². The van der Waals surface area contributed by atoms with Crippen molar-refractivity contribution in [2.45, 2.75) is 19.8 Å². The fourth-order valence-corrected chi connectivity index (χ4v) is 2.25. The molecule has 2 aromatic rings. The number of esters is 1. The molecule has 1 heterocycles. The van der Waals surface area contributed by atoms with Crippen molar-refractivity contribution >= 4 is 17.3 Å². The minimum absolute atomic E-state index is 0.240. The number of para-hydroxylation sites is 1. The maximum atomic E-state index is 11.6. The summed E-state index contributed by atoms with van der Waals surface area (Å²) in [6.45, 7) is 2.82. The molecular formula is C15H17NO3S. The van der Waals surface area contributed by atoms with E-state index in [2.05, 4.69) is 4.98 Å². The minimum atomic E-state index is -0.241. The molecule has 0 radical (unpaired) electrons. The number of hydrogen-bond acceptors (Lipinski definition) is 5. The van der Waals surface area contributed by atoms with Gasteiger partial charge in [0.25, 0.3) is 0 Å². The average molecular weight is 291 g/mol. The minimum Gasteiger partial charge on any atom is -0.493 e. The summed E-state index contributed by atoms with van der Waals surface area (Å²) in [5.74, 6) is 0.590. The molecule has 0 saturated carbocycles. The molecule has 0 saturated heterocycles. The number of hydrogen-bond donors (Lipinski definition) is 0. The normalized spacial score (nSPS) is 10.2. The van der Waals surface area contributed by atoms with Crippen molar-refractivity contribution < 1.29 is 14.3 Å². The molecule has 4 nitrogen and oxygen atoms in total. The van der Waals surface area contributed by atoms with Crippen molar-refractivity contribution in [3.05, 3.63) is 46.4 Å².